The van der Waals surface area contributed by atoms with Crippen molar-refractivity contribution in [1.82, 2.24) is 0 Å². The normalized spacial score (nSPS) is 10.1. The molecule has 1 heterocycles. The maximum Gasteiger partial charge on any atom is 0.338 e. The number of rotatable bonds is 3. The Morgan fingerprint density at radius 3 is 2.44 bits per heavy atom. The molecule has 2 aromatic rings. The van der Waals surface area contributed by atoms with Crippen molar-refractivity contribution in [3.63, 3.8) is 0 Å². The number of carbonyl (C=O) groups is 2. The lowest BCUT2D eigenvalue weighted by Crippen LogP contribution is -2.02. The Morgan fingerprint density at radius 1 is 1.11 bits per heavy atom. The molecule has 4 nitrogen and oxygen atoms in total. The molecule has 1 aromatic carbocycles. The fourth-order valence-corrected chi connectivity index (χ4v) is 1.66. The molecule has 0 N–H and O–H groups in total. The summed E-state index contributed by atoms with van der Waals surface area (Å²) < 4.78 is 10.1. The third-order valence-electron chi connectivity index (χ3n) is 2.55. The average Bonchev–Trinajstić information content (AvgIpc) is 2.87. The molecule has 0 bridgehead atoms. The first-order chi connectivity index (χ1) is 8.63. The van der Waals surface area contributed by atoms with E-state index in [1.165, 1.54) is 14.0 Å². The Hall–Kier alpha value is -2.36. The molecule has 18 heavy (non-hydrogen) atoms. The predicted molar refractivity (Wildman–Crippen MR) is 65.5 cm³/mol. The Bertz CT molecular complexity index is 595. The summed E-state index contributed by atoms with van der Waals surface area (Å²) in [6.45, 7) is 1.43. The van der Waals surface area contributed by atoms with Gasteiger partial charge in [-0.05, 0) is 18.2 Å². The van der Waals surface area contributed by atoms with E-state index in [1.54, 1.807) is 36.4 Å². The summed E-state index contributed by atoms with van der Waals surface area (Å²) in [5.41, 5.74) is 1.02. The van der Waals surface area contributed by atoms with Gasteiger partial charge in [0.1, 0.15) is 5.76 Å². The lowest BCUT2D eigenvalue weighted by atomic mass is 10.1. The molecule has 0 fully saturated rings. The first-order valence-corrected chi connectivity index (χ1v) is 5.42. The van der Waals surface area contributed by atoms with Gasteiger partial charge in [0.2, 0.25) is 0 Å². The van der Waals surface area contributed by atoms with E-state index >= 15 is 0 Å². The molecule has 0 saturated heterocycles. The maximum absolute atomic E-state index is 11.6. The van der Waals surface area contributed by atoms with Gasteiger partial charge in [0, 0.05) is 12.5 Å². The topological polar surface area (TPSA) is 56.5 Å². The summed E-state index contributed by atoms with van der Waals surface area (Å²) in [4.78, 5) is 22.8. The molecule has 2 rings (SSSR count). The van der Waals surface area contributed by atoms with E-state index in [2.05, 4.69) is 0 Å². The highest BCUT2D eigenvalue weighted by Crippen LogP contribution is 2.26. The Balaban J connectivity index is 2.49. The van der Waals surface area contributed by atoms with E-state index in [4.69, 9.17) is 9.15 Å². The van der Waals surface area contributed by atoms with Crippen LogP contribution >= 0.6 is 0 Å². The highest BCUT2D eigenvalue weighted by atomic mass is 16.5. The molecule has 0 aliphatic carbocycles. The third kappa shape index (κ3) is 2.18. The molecule has 0 amide bonds. The molecular weight excluding hydrogens is 232 g/mol. The van der Waals surface area contributed by atoms with Crippen LogP contribution in [0.4, 0.5) is 0 Å². The highest BCUT2D eigenvalue weighted by Gasteiger charge is 2.16. The van der Waals surface area contributed by atoms with Crippen molar-refractivity contribution in [1.29, 1.82) is 0 Å². The van der Waals surface area contributed by atoms with Crippen molar-refractivity contribution in [2.45, 2.75) is 6.92 Å². The highest BCUT2D eigenvalue weighted by molar-refractivity contribution is 5.97. The lowest BCUT2D eigenvalue weighted by molar-refractivity contribution is 0.0601. The van der Waals surface area contributed by atoms with Gasteiger partial charge in [-0.2, -0.15) is 0 Å². The van der Waals surface area contributed by atoms with Gasteiger partial charge in [-0.25, -0.2) is 4.79 Å². The van der Waals surface area contributed by atoms with Crippen LogP contribution in [0.2, 0.25) is 0 Å². The van der Waals surface area contributed by atoms with E-state index < -0.39 is 5.97 Å². The van der Waals surface area contributed by atoms with Crippen LogP contribution in [-0.2, 0) is 4.74 Å². The molecule has 0 saturated carbocycles. The van der Waals surface area contributed by atoms with Crippen LogP contribution in [0.25, 0.3) is 11.3 Å². The summed E-state index contributed by atoms with van der Waals surface area (Å²) in [5, 5.41) is 0. The average molecular weight is 244 g/mol. The van der Waals surface area contributed by atoms with Gasteiger partial charge < -0.3 is 9.15 Å². The number of methoxy groups -OCH3 is 1. The molecular formula is C14H12O4. The Kier molecular flexibility index (Phi) is 3.28. The number of benzene rings is 1. The molecule has 0 aliphatic heterocycles. The second-order valence-corrected chi connectivity index (χ2v) is 3.76. The fourth-order valence-electron chi connectivity index (χ4n) is 1.66. The van der Waals surface area contributed by atoms with Crippen molar-refractivity contribution in [3.05, 3.63) is 47.7 Å². The smallest absolute Gasteiger partial charge is 0.338 e. The largest absolute Gasteiger partial charge is 0.465 e. The van der Waals surface area contributed by atoms with Crippen LogP contribution in [0.15, 0.2) is 40.8 Å². The van der Waals surface area contributed by atoms with Crippen LogP contribution < -0.4 is 0 Å². The van der Waals surface area contributed by atoms with Crippen molar-refractivity contribution in [3.8, 4) is 11.3 Å². The molecule has 1 aromatic heterocycles. The van der Waals surface area contributed by atoms with Gasteiger partial charge in [-0.3, -0.25) is 4.79 Å². The van der Waals surface area contributed by atoms with E-state index in [0.717, 1.165) is 0 Å². The van der Waals surface area contributed by atoms with E-state index in [0.29, 0.717) is 16.9 Å². The SMILES string of the molecule is COC(=O)c1ccccc1-c1ccc(C(C)=O)o1. The lowest BCUT2D eigenvalue weighted by Gasteiger charge is -2.04. The summed E-state index contributed by atoms with van der Waals surface area (Å²) in [6, 6.07) is 10.2. The van der Waals surface area contributed by atoms with E-state index in [1.807, 2.05) is 0 Å². The van der Waals surface area contributed by atoms with Crippen LogP contribution in [0, 0.1) is 0 Å². The van der Waals surface area contributed by atoms with Crippen LogP contribution in [0.1, 0.15) is 27.8 Å². The first-order valence-electron chi connectivity index (χ1n) is 5.42. The molecule has 4 heteroatoms. The Morgan fingerprint density at radius 2 is 1.83 bits per heavy atom. The van der Waals surface area contributed by atoms with Crippen LogP contribution in [0.5, 0.6) is 0 Å². The van der Waals surface area contributed by atoms with Crippen molar-refractivity contribution in [2.24, 2.45) is 0 Å². The monoisotopic (exact) mass is 244 g/mol. The summed E-state index contributed by atoms with van der Waals surface area (Å²) in [5.74, 6) is 0.147. The number of ether oxygens (including phenoxy) is 1. The second kappa shape index (κ2) is 4.87. The first kappa shape index (κ1) is 12.1. The second-order valence-electron chi connectivity index (χ2n) is 3.76. The predicted octanol–water partition coefficient (Wildman–Crippen LogP) is 2.94. The minimum Gasteiger partial charge on any atom is -0.465 e. The maximum atomic E-state index is 11.6. The number of ketones is 1. The van der Waals surface area contributed by atoms with Gasteiger partial charge >= 0.3 is 5.97 Å². The van der Waals surface area contributed by atoms with Crippen molar-refractivity contribution in [2.75, 3.05) is 7.11 Å². The summed E-state index contributed by atoms with van der Waals surface area (Å²) in [7, 11) is 1.32. The van der Waals surface area contributed by atoms with Gasteiger partial charge in [0.25, 0.3) is 0 Å². The molecule has 0 radical (unpaired) electrons. The zero-order valence-electron chi connectivity index (χ0n) is 10.1. The number of hydrogen-bond donors (Lipinski definition) is 0. The summed E-state index contributed by atoms with van der Waals surface area (Å²) >= 11 is 0. The zero-order valence-corrected chi connectivity index (χ0v) is 10.1. The van der Waals surface area contributed by atoms with E-state index in [9.17, 15) is 9.59 Å². The van der Waals surface area contributed by atoms with Crippen LogP contribution in [-0.4, -0.2) is 18.9 Å². The minimum absolute atomic E-state index is 0.156. The number of hydrogen-bond acceptors (Lipinski definition) is 4. The molecule has 0 atom stereocenters. The number of esters is 1. The van der Waals surface area contributed by atoms with Gasteiger partial charge in [-0.1, -0.05) is 18.2 Å². The standard InChI is InChI=1S/C14H12O4/c1-9(15)12-7-8-13(18-12)10-5-3-4-6-11(10)14(16)17-2/h3-8H,1-2H3. The van der Waals surface area contributed by atoms with Crippen LogP contribution in [0.3, 0.4) is 0 Å². The Labute approximate surface area is 104 Å². The summed E-state index contributed by atoms with van der Waals surface area (Å²) in [6.07, 6.45) is 0. The van der Waals surface area contributed by atoms with Crippen molar-refractivity contribution < 1.29 is 18.7 Å². The van der Waals surface area contributed by atoms with Crippen molar-refractivity contribution >= 4 is 11.8 Å². The molecule has 92 valence electrons. The van der Waals surface area contributed by atoms with Gasteiger partial charge in [0.15, 0.2) is 11.5 Å². The molecule has 0 aliphatic rings. The molecule has 0 spiro atoms. The fraction of sp³-hybridized carbons (Fsp3) is 0.143. The molecule has 0 unspecified atom stereocenters. The minimum atomic E-state index is -0.439. The number of Topliss-reactive ketones (excluding diaryl/α,β-unsaturated/α-hetero) is 1. The quantitative estimate of drug-likeness (QED) is 0.615. The number of carbonyl (C=O) groups excluding carboxylic acids is 2. The number of furan rings is 1. The zero-order chi connectivity index (χ0) is 13.1. The van der Waals surface area contributed by atoms with Gasteiger partial charge in [0.05, 0.1) is 12.7 Å². The van der Waals surface area contributed by atoms with Gasteiger partial charge in [-0.15, -0.1) is 0 Å². The third-order valence-corrected chi connectivity index (χ3v) is 2.55. The van der Waals surface area contributed by atoms with E-state index in [-0.39, 0.29) is 11.5 Å².